The molecule has 0 radical (unpaired) electrons. The number of ether oxygens (including phenoxy) is 1. The summed E-state index contributed by atoms with van der Waals surface area (Å²) in [5, 5.41) is 3.08. The van der Waals surface area contributed by atoms with Crippen molar-refractivity contribution in [3.63, 3.8) is 0 Å². The number of nitrogens with zero attached hydrogens (tertiary/aromatic N) is 1. The minimum Gasteiger partial charge on any atom is -0.496 e. The molecule has 5 nitrogen and oxygen atoms in total. The fourth-order valence-corrected chi connectivity index (χ4v) is 1.77. The molecule has 1 aromatic rings. The number of methoxy groups -OCH3 is 1. The Kier molecular flexibility index (Phi) is 5.79. The number of hydrogen-bond acceptors (Lipinski definition) is 3. The van der Waals surface area contributed by atoms with Gasteiger partial charge in [-0.05, 0) is 40.5 Å². The Labute approximate surface area is 110 Å². The Hall–Kier alpha value is -1.27. The second-order valence-electron chi connectivity index (χ2n) is 3.35. The summed E-state index contributed by atoms with van der Waals surface area (Å²) in [6, 6.07) is 5.65. The summed E-state index contributed by atoms with van der Waals surface area (Å²) in [6.45, 7) is 2.78. The molecule has 1 rings (SSSR count). The molecule has 1 aromatic carbocycles. The van der Waals surface area contributed by atoms with Gasteiger partial charge >= 0.3 is 0 Å². The lowest BCUT2D eigenvalue weighted by molar-refractivity contribution is 0.412. The molecule has 0 spiro atoms. The molecule has 4 N–H and O–H groups in total. The molecule has 0 aliphatic carbocycles. The normalized spacial score (nSPS) is 11.2. The van der Waals surface area contributed by atoms with Crippen molar-refractivity contribution in [3.8, 4) is 5.75 Å². The second kappa shape index (κ2) is 7.13. The Morgan fingerprint density at radius 3 is 2.82 bits per heavy atom. The molecular weight excluding hydrogens is 284 g/mol. The Morgan fingerprint density at radius 1 is 1.53 bits per heavy atom. The van der Waals surface area contributed by atoms with Gasteiger partial charge in [0.2, 0.25) is 5.96 Å². The van der Waals surface area contributed by atoms with E-state index in [1.165, 1.54) is 0 Å². The van der Waals surface area contributed by atoms with Crippen molar-refractivity contribution in [2.24, 2.45) is 10.8 Å². The van der Waals surface area contributed by atoms with Gasteiger partial charge in [-0.25, -0.2) is 5.84 Å². The lowest BCUT2D eigenvalue weighted by Gasteiger charge is -2.10. The van der Waals surface area contributed by atoms with E-state index in [1.54, 1.807) is 7.11 Å². The average molecular weight is 301 g/mol. The van der Waals surface area contributed by atoms with E-state index < -0.39 is 0 Å². The van der Waals surface area contributed by atoms with Crippen LogP contribution >= 0.6 is 15.9 Å². The monoisotopic (exact) mass is 300 g/mol. The first kappa shape index (κ1) is 13.8. The van der Waals surface area contributed by atoms with Gasteiger partial charge in [0, 0.05) is 12.2 Å². The maximum absolute atomic E-state index is 5.38. The highest BCUT2D eigenvalue weighted by molar-refractivity contribution is 9.10. The minimum absolute atomic E-state index is 0.545. The largest absolute Gasteiger partial charge is 0.496 e. The van der Waals surface area contributed by atoms with E-state index in [-0.39, 0.29) is 0 Å². The summed E-state index contributed by atoms with van der Waals surface area (Å²) in [4.78, 5) is 4.25. The Bertz CT molecular complexity index is 395. The van der Waals surface area contributed by atoms with Crippen LogP contribution in [0.1, 0.15) is 13.3 Å². The van der Waals surface area contributed by atoms with Crippen molar-refractivity contribution in [1.82, 2.24) is 5.43 Å². The van der Waals surface area contributed by atoms with Gasteiger partial charge in [-0.3, -0.25) is 10.4 Å². The average Bonchev–Trinajstić information content (AvgIpc) is 2.34. The third-order valence-electron chi connectivity index (χ3n) is 2.04. The maximum atomic E-state index is 5.38. The summed E-state index contributed by atoms with van der Waals surface area (Å²) < 4.78 is 6.02. The van der Waals surface area contributed by atoms with Crippen LogP contribution in [0, 0.1) is 0 Å². The molecule has 17 heavy (non-hydrogen) atoms. The molecule has 0 saturated carbocycles. The molecule has 0 fully saturated rings. The van der Waals surface area contributed by atoms with Crippen molar-refractivity contribution in [3.05, 3.63) is 22.7 Å². The highest BCUT2D eigenvalue weighted by Crippen LogP contribution is 2.27. The number of hydrazine groups is 1. The zero-order chi connectivity index (χ0) is 12.7. The zero-order valence-corrected chi connectivity index (χ0v) is 11.5. The topological polar surface area (TPSA) is 71.7 Å². The van der Waals surface area contributed by atoms with E-state index in [2.05, 4.69) is 38.6 Å². The van der Waals surface area contributed by atoms with E-state index in [1.807, 2.05) is 18.2 Å². The number of nitrogens with one attached hydrogen (secondary N) is 2. The van der Waals surface area contributed by atoms with Crippen LogP contribution in [0.3, 0.4) is 0 Å². The van der Waals surface area contributed by atoms with Crippen molar-refractivity contribution < 1.29 is 4.74 Å². The van der Waals surface area contributed by atoms with Crippen LogP contribution in [0.2, 0.25) is 0 Å². The van der Waals surface area contributed by atoms with Crippen LogP contribution in [0.25, 0.3) is 0 Å². The van der Waals surface area contributed by atoms with Crippen molar-refractivity contribution in [1.29, 1.82) is 0 Å². The third-order valence-corrected chi connectivity index (χ3v) is 2.66. The summed E-state index contributed by atoms with van der Waals surface area (Å²) in [5.74, 6) is 6.70. The number of anilines is 1. The molecule has 0 amide bonds. The van der Waals surface area contributed by atoms with Crippen LogP contribution < -0.4 is 21.3 Å². The van der Waals surface area contributed by atoms with Crippen LogP contribution in [0.4, 0.5) is 5.69 Å². The second-order valence-corrected chi connectivity index (χ2v) is 4.20. The smallest absolute Gasteiger partial charge is 0.210 e. The molecule has 0 heterocycles. The van der Waals surface area contributed by atoms with Gasteiger partial charge < -0.3 is 10.1 Å². The Morgan fingerprint density at radius 2 is 2.29 bits per heavy atom. The van der Waals surface area contributed by atoms with Crippen LogP contribution in [0.5, 0.6) is 5.75 Å². The quantitative estimate of drug-likeness (QED) is 0.345. The number of aliphatic imine (C=N–C) groups is 1. The predicted octanol–water partition coefficient (Wildman–Crippen LogP) is 2.10. The number of rotatable bonds is 4. The van der Waals surface area contributed by atoms with E-state index >= 15 is 0 Å². The first-order valence-corrected chi connectivity index (χ1v) is 6.12. The molecule has 0 atom stereocenters. The standard InChI is InChI=1S/C11H17BrN4O/c1-3-6-14-11(16-13)15-8-4-5-10(17-2)9(12)7-8/h4-5,7H,3,6,13H2,1-2H3,(H2,14,15,16). The minimum atomic E-state index is 0.545. The summed E-state index contributed by atoms with van der Waals surface area (Å²) in [5.41, 5.74) is 3.41. The lowest BCUT2D eigenvalue weighted by atomic mass is 10.3. The molecule has 0 aliphatic rings. The number of benzene rings is 1. The molecule has 0 aliphatic heterocycles. The van der Waals surface area contributed by atoms with Gasteiger partial charge in [0.1, 0.15) is 5.75 Å². The number of nitrogens with two attached hydrogens (primary N) is 1. The predicted molar refractivity (Wildman–Crippen MR) is 74.2 cm³/mol. The van der Waals surface area contributed by atoms with Crippen LogP contribution in [0.15, 0.2) is 27.7 Å². The molecule has 0 unspecified atom stereocenters. The van der Waals surface area contributed by atoms with Gasteiger partial charge in [0.05, 0.1) is 11.6 Å². The van der Waals surface area contributed by atoms with Gasteiger partial charge in [0.25, 0.3) is 0 Å². The van der Waals surface area contributed by atoms with E-state index in [0.717, 1.165) is 28.9 Å². The molecule has 0 aromatic heterocycles. The number of hydrogen-bond donors (Lipinski definition) is 3. The number of guanidine groups is 1. The van der Waals surface area contributed by atoms with Gasteiger partial charge in [0.15, 0.2) is 0 Å². The van der Waals surface area contributed by atoms with Crippen molar-refractivity contribution >= 4 is 27.6 Å². The van der Waals surface area contributed by atoms with Gasteiger partial charge in [-0.1, -0.05) is 6.92 Å². The number of halogens is 1. The van der Waals surface area contributed by atoms with Gasteiger partial charge in [-0.2, -0.15) is 0 Å². The van der Waals surface area contributed by atoms with Crippen molar-refractivity contribution in [2.45, 2.75) is 13.3 Å². The molecule has 0 saturated heterocycles. The lowest BCUT2D eigenvalue weighted by Crippen LogP contribution is -2.36. The molecule has 6 heteroatoms. The fourth-order valence-electron chi connectivity index (χ4n) is 1.23. The van der Waals surface area contributed by atoms with E-state index in [0.29, 0.717) is 5.96 Å². The molecular formula is C11H17BrN4O. The maximum Gasteiger partial charge on any atom is 0.210 e. The van der Waals surface area contributed by atoms with Gasteiger partial charge in [-0.15, -0.1) is 0 Å². The molecule has 94 valence electrons. The zero-order valence-electron chi connectivity index (χ0n) is 9.96. The summed E-state index contributed by atoms with van der Waals surface area (Å²) >= 11 is 3.42. The van der Waals surface area contributed by atoms with E-state index in [4.69, 9.17) is 10.6 Å². The van der Waals surface area contributed by atoms with Crippen molar-refractivity contribution in [2.75, 3.05) is 19.0 Å². The fraction of sp³-hybridized carbons (Fsp3) is 0.364. The highest BCUT2D eigenvalue weighted by atomic mass is 79.9. The SMILES string of the molecule is CCCN=C(NN)Nc1ccc(OC)c(Br)c1. The highest BCUT2D eigenvalue weighted by Gasteiger charge is 2.02. The van der Waals surface area contributed by atoms with E-state index in [9.17, 15) is 0 Å². The first-order chi connectivity index (χ1) is 8.21. The first-order valence-electron chi connectivity index (χ1n) is 5.33. The Balaban J connectivity index is 2.76. The van der Waals surface area contributed by atoms with Crippen LogP contribution in [-0.4, -0.2) is 19.6 Å². The summed E-state index contributed by atoms with van der Waals surface area (Å²) in [7, 11) is 1.63. The third kappa shape index (κ3) is 4.24. The summed E-state index contributed by atoms with van der Waals surface area (Å²) in [6.07, 6.45) is 0.971. The van der Waals surface area contributed by atoms with Crippen LogP contribution in [-0.2, 0) is 0 Å². The molecule has 0 bridgehead atoms.